The van der Waals surface area contributed by atoms with Gasteiger partial charge in [-0.1, -0.05) is 17.7 Å². The fraction of sp³-hybridized carbons (Fsp3) is 0.462. The molecule has 0 atom stereocenters. The van der Waals surface area contributed by atoms with Crippen molar-refractivity contribution in [3.63, 3.8) is 0 Å². The molecule has 1 aromatic carbocycles. The molecule has 1 aliphatic rings. The van der Waals surface area contributed by atoms with E-state index in [1.807, 2.05) is 0 Å². The number of aromatic hydroxyl groups is 1. The van der Waals surface area contributed by atoms with Crippen molar-refractivity contribution in [2.75, 3.05) is 13.1 Å². The van der Waals surface area contributed by atoms with Crippen LogP contribution in [-0.4, -0.2) is 35.0 Å². The fourth-order valence-corrected chi connectivity index (χ4v) is 2.39. The minimum Gasteiger partial charge on any atom is -0.506 e. The standard InChI is InChI=1S/C13H16ClFN2O2/c14-11-7-9(1-2-12(11)18)8-13(19)17-5-3-10(16-15)4-6-17/h1-2,7,10,16,18H,3-6,8H2. The molecule has 1 aromatic rings. The Hall–Kier alpha value is -1.33. The maximum absolute atomic E-state index is 12.2. The Kier molecular flexibility index (Phi) is 4.61. The van der Waals surface area contributed by atoms with Crippen LogP contribution in [0.25, 0.3) is 0 Å². The summed E-state index contributed by atoms with van der Waals surface area (Å²) in [5.74, 6) is 0.00626. The summed E-state index contributed by atoms with van der Waals surface area (Å²) in [6.07, 6.45) is 1.49. The summed E-state index contributed by atoms with van der Waals surface area (Å²) >= 11 is 5.80. The van der Waals surface area contributed by atoms with E-state index in [0.717, 1.165) is 5.56 Å². The molecule has 1 fully saturated rings. The molecule has 0 aromatic heterocycles. The Labute approximate surface area is 116 Å². The zero-order chi connectivity index (χ0) is 13.8. The maximum Gasteiger partial charge on any atom is 0.226 e. The first-order valence-electron chi connectivity index (χ1n) is 6.21. The third kappa shape index (κ3) is 3.58. The van der Waals surface area contributed by atoms with Crippen LogP contribution in [0.15, 0.2) is 18.2 Å². The van der Waals surface area contributed by atoms with E-state index >= 15 is 0 Å². The lowest BCUT2D eigenvalue weighted by Crippen LogP contribution is -2.43. The molecule has 1 aliphatic heterocycles. The highest BCUT2D eigenvalue weighted by Gasteiger charge is 2.22. The summed E-state index contributed by atoms with van der Waals surface area (Å²) in [4.78, 5) is 13.8. The van der Waals surface area contributed by atoms with Crippen molar-refractivity contribution in [2.45, 2.75) is 25.3 Å². The Bertz CT molecular complexity index is 462. The Balaban J connectivity index is 1.92. The van der Waals surface area contributed by atoms with Crippen molar-refractivity contribution in [3.8, 4) is 5.75 Å². The van der Waals surface area contributed by atoms with Crippen LogP contribution in [0.1, 0.15) is 18.4 Å². The number of phenolic OH excluding ortho intramolecular Hbond substituents is 1. The van der Waals surface area contributed by atoms with Crippen LogP contribution in [0, 0.1) is 0 Å². The molecule has 104 valence electrons. The van der Waals surface area contributed by atoms with Crippen LogP contribution in [0.3, 0.4) is 0 Å². The van der Waals surface area contributed by atoms with E-state index in [9.17, 15) is 14.4 Å². The third-order valence-electron chi connectivity index (χ3n) is 3.37. The zero-order valence-corrected chi connectivity index (χ0v) is 11.2. The average Bonchev–Trinajstić information content (AvgIpc) is 2.43. The van der Waals surface area contributed by atoms with Crippen molar-refractivity contribution < 1.29 is 14.4 Å². The summed E-state index contributed by atoms with van der Waals surface area (Å²) in [5, 5.41) is 9.55. The van der Waals surface area contributed by atoms with Crippen LogP contribution >= 0.6 is 11.6 Å². The summed E-state index contributed by atoms with van der Waals surface area (Å²) in [7, 11) is 0. The number of amides is 1. The molecule has 2 N–H and O–H groups in total. The second-order valence-corrected chi connectivity index (χ2v) is 5.13. The highest BCUT2D eigenvalue weighted by atomic mass is 35.5. The smallest absolute Gasteiger partial charge is 0.226 e. The number of rotatable bonds is 3. The van der Waals surface area contributed by atoms with Crippen molar-refractivity contribution in [1.82, 2.24) is 10.4 Å². The van der Waals surface area contributed by atoms with Gasteiger partial charge < -0.3 is 10.0 Å². The largest absolute Gasteiger partial charge is 0.506 e. The Morgan fingerprint density at radius 2 is 2.16 bits per heavy atom. The number of nitrogens with zero attached hydrogens (tertiary/aromatic N) is 1. The first kappa shape index (κ1) is 14.1. The van der Waals surface area contributed by atoms with Crippen molar-refractivity contribution in [1.29, 1.82) is 0 Å². The van der Waals surface area contributed by atoms with Crippen LogP contribution in [0.2, 0.25) is 5.02 Å². The summed E-state index contributed by atoms with van der Waals surface area (Å²) in [5.41, 5.74) is 2.51. The molecule has 6 heteroatoms. The number of piperidine rings is 1. The number of nitrogens with one attached hydrogen (secondary N) is 1. The molecule has 0 aliphatic carbocycles. The second kappa shape index (κ2) is 6.21. The number of benzene rings is 1. The van der Waals surface area contributed by atoms with Gasteiger partial charge in [0.15, 0.2) is 0 Å². The summed E-state index contributed by atoms with van der Waals surface area (Å²) < 4.78 is 12.2. The van der Waals surface area contributed by atoms with Crippen LogP contribution in [0.5, 0.6) is 5.75 Å². The topological polar surface area (TPSA) is 52.6 Å². The van der Waals surface area contributed by atoms with Crippen molar-refractivity contribution in [3.05, 3.63) is 28.8 Å². The quantitative estimate of drug-likeness (QED) is 0.836. The second-order valence-electron chi connectivity index (χ2n) is 4.73. The predicted molar refractivity (Wildman–Crippen MR) is 70.7 cm³/mol. The Morgan fingerprint density at radius 1 is 1.47 bits per heavy atom. The van der Waals surface area contributed by atoms with Gasteiger partial charge in [-0.05, 0) is 30.5 Å². The molecule has 4 nitrogen and oxygen atoms in total. The minimum absolute atomic E-state index is 0.000866. The molecule has 1 saturated heterocycles. The molecular weight excluding hydrogens is 271 g/mol. The van der Waals surface area contributed by atoms with Gasteiger partial charge in [0.2, 0.25) is 5.91 Å². The van der Waals surface area contributed by atoms with Gasteiger partial charge in [0.1, 0.15) is 5.75 Å². The van der Waals surface area contributed by atoms with E-state index in [2.05, 4.69) is 0 Å². The van der Waals surface area contributed by atoms with E-state index < -0.39 is 0 Å². The third-order valence-corrected chi connectivity index (χ3v) is 3.67. The molecule has 0 radical (unpaired) electrons. The first-order chi connectivity index (χ1) is 9.10. The van der Waals surface area contributed by atoms with Gasteiger partial charge in [-0.15, -0.1) is 4.48 Å². The number of hydrogen-bond donors (Lipinski definition) is 2. The van der Waals surface area contributed by atoms with Crippen LogP contribution < -0.4 is 5.54 Å². The number of carbonyl (C=O) groups is 1. The molecule has 0 saturated carbocycles. The lowest BCUT2D eigenvalue weighted by molar-refractivity contribution is -0.131. The summed E-state index contributed by atoms with van der Waals surface area (Å²) in [6.45, 7) is 1.12. The van der Waals surface area contributed by atoms with Crippen LogP contribution in [-0.2, 0) is 11.2 Å². The lowest BCUT2D eigenvalue weighted by atomic mass is 10.0. The molecular formula is C13H16ClFN2O2. The predicted octanol–water partition coefficient (Wildman–Crippen LogP) is 2.05. The van der Waals surface area contributed by atoms with Gasteiger partial charge in [-0.3, -0.25) is 4.79 Å². The van der Waals surface area contributed by atoms with Crippen LogP contribution in [0.4, 0.5) is 4.48 Å². The molecule has 19 heavy (non-hydrogen) atoms. The van der Waals surface area contributed by atoms with Gasteiger partial charge in [-0.25, -0.2) is 0 Å². The molecule has 2 rings (SSSR count). The number of phenols is 1. The Morgan fingerprint density at radius 3 is 2.74 bits per heavy atom. The SMILES string of the molecule is O=C(Cc1ccc(O)c(Cl)c1)N1CCC(NF)CC1. The van der Waals surface area contributed by atoms with Gasteiger partial charge in [0.25, 0.3) is 0 Å². The van der Waals surface area contributed by atoms with Gasteiger partial charge in [0, 0.05) is 19.1 Å². The van der Waals surface area contributed by atoms with Gasteiger partial charge in [0.05, 0.1) is 11.4 Å². The number of halogens is 2. The van der Waals surface area contributed by atoms with Gasteiger partial charge >= 0.3 is 0 Å². The minimum atomic E-state index is -0.146. The molecule has 0 bridgehead atoms. The number of carbonyl (C=O) groups excluding carboxylic acids is 1. The molecule has 1 heterocycles. The molecule has 0 spiro atoms. The van der Waals surface area contributed by atoms with E-state index in [1.165, 1.54) is 6.07 Å². The average molecular weight is 287 g/mol. The van der Waals surface area contributed by atoms with E-state index in [-0.39, 0.29) is 29.1 Å². The monoisotopic (exact) mass is 286 g/mol. The van der Waals surface area contributed by atoms with Crippen molar-refractivity contribution >= 4 is 17.5 Å². The highest BCUT2D eigenvalue weighted by molar-refractivity contribution is 6.32. The highest BCUT2D eigenvalue weighted by Crippen LogP contribution is 2.24. The summed E-state index contributed by atoms with van der Waals surface area (Å²) in [6, 6.07) is 4.59. The molecule has 1 amide bonds. The first-order valence-corrected chi connectivity index (χ1v) is 6.59. The van der Waals surface area contributed by atoms with Crippen molar-refractivity contribution in [2.24, 2.45) is 0 Å². The fourth-order valence-electron chi connectivity index (χ4n) is 2.18. The van der Waals surface area contributed by atoms with E-state index in [1.54, 1.807) is 22.6 Å². The van der Waals surface area contributed by atoms with E-state index in [0.29, 0.717) is 25.9 Å². The van der Waals surface area contributed by atoms with E-state index in [4.69, 9.17) is 11.6 Å². The number of hydrogen-bond acceptors (Lipinski definition) is 3. The van der Waals surface area contributed by atoms with Gasteiger partial charge in [-0.2, -0.15) is 5.54 Å². The zero-order valence-electron chi connectivity index (χ0n) is 10.4. The normalized spacial score (nSPS) is 16.6. The number of likely N-dealkylation sites (tertiary alicyclic amines) is 1. The maximum atomic E-state index is 12.2. The lowest BCUT2D eigenvalue weighted by Gasteiger charge is -2.30. The molecule has 0 unspecified atom stereocenters.